The molecule has 0 fully saturated rings. The first-order valence-electron chi connectivity index (χ1n) is 7.22. The summed E-state index contributed by atoms with van der Waals surface area (Å²) in [5, 5.41) is 13.0. The first-order chi connectivity index (χ1) is 10.3. The number of aliphatic hydroxyl groups is 1. The average molecular weight is 287 g/mol. The first kappa shape index (κ1) is 15.3. The van der Waals surface area contributed by atoms with Crippen LogP contribution in [0.2, 0.25) is 0 Å². The molecule has 5 nitrogen and oxygen atoms in total. The Morgan fingerprint density at radius 1 is 1.29 bits per heavy atom. The number of amides is 2. The third kappa shape index (κ3) is 3.92. The molecule has 0 bridgehead atoms. The van der Waals surface area contributed by atoms with Crippen LogP contribution in [0.15, 0.2) is 36.5 Å². The lowest BCUT2D eigenvalue weighted by Crippen LogP contribution is -2.41. The number of nitrogens with one attached hydrogen (secondary N) is 1. The van der Waals surface area contributed by atoms with E-state index in [0.717, 1.165) is 22.9 Å². The van der Waals surface area contributed by atoms with E-state index in [-0.39, 0.29) is 12.6 Å². The minimum Gasteiger partial charge on any atom is -0.395 e. The Hall–Kier alpha value is -2.14. The highest BCUT2D eigenvalue weighted by Gasteiger charge is 2.11. The normalized spacial score (nSPS) is 10.6. The maximum atomic E-state index is 12.1. The minimum atomic E-state index is -0.146. The van der Waals surface area contributed by atoms with E-state index < -0.39 is 0 Å². The van der Waals surface area contributed by atoms with Crippen molar-refractivity contribution in [3.63, 3.8) is 0 Å². The number of para-hydroxylation sites is 1. The Balaban J connectivity index is 2.05. The molecular weight excluding hydrogens is 266 g/mol. The predicted molar refractivity (Wildman–Crippen MR) is 82.9 cm³/mol. The molecule has 2 rings (SSSR count). The summed E-state index contributed by atoms with van der Waals surface area (Å²) in [6.07, 6.45) is 2.62. The number of fused-ring (bicyclic) bond motifs is 1. The summed E-state index contributed by atoms with van der Waals surface area (Å²) in [4.78, 5) is 18.1. The highest BCUT2D eigenvalue weighted by atomic mass is 16.3. The molecule has 1 heterocycles. The van der Waals surface area contributed by atoms with Gasteiger partial charge in [-0.3, -0.25) is 4.98 Å². The van der Waals surface area contributed by atoms with E-state index in [4.69, 9.17) is 5.11 Å². The Morgan fingerprint density at radius 2 is 2.10 bits per heavy atom. The number of aromatic nitrogens is 1. The molecule has 0 atom stereocenters. The zero-order chi connectivity index (χ0) is 15.1. The van der Waals surface area contributed by atoms with Gasteiger partial charge in [0.1, 0.15) is 0 Å². The number of urea groups is 1. The van der Waals surface area contributed by atoms with Crippen molar-refractivity contribution in [1.29, 1.82) is 0 Å². The van der Waals surface area contributed by atoms with Crippen LogP contribution < -0.4 is 5.32 Å². The maximum Gasteiger partial charge on any atom is 0.317 e. The zero-order valence-corrected chi connectivity index (χ0v) is 12.2. The van der Waals surface area contributed by atoms with Crippen LogP contribution >= 0.6 is 0 Å². The molecule has 2 aromatic rings. The Morgan fingerprint density at radius 3 is 2.86 bits per heavy atom. The summed E-state index contributed by atoms with van der Waals surface area (Å²) in [7, 11) is 0. The zero-order valence-electron chi connectivity index (χ0n) is 12.2. The van der Waals surface area contributed by atoms with Gasteiger partial charge < -0.3 is 15.3 Å². The van der Waals surface area contributed by atoms with E-state index in [0.29, 0.717) is 19.6 Å². The van der Waals surface area contributed by atoms with Crippen molar-refractivity contribution in [3.8, 4) is 0 Å². The number of aliphatic hydroxyl groups excluding tert-OH is 1. The summed E-state index contributed by atoms with van der Waals surface area (Å²) < 4.78 is 0. The summed E-state index contributed by atoms with van der Waals surface area (Å²) in [5.41, 5.74) is 1.96. The van der Waals surface area contributed by atoms with Gasteiger partial charge in [0, 0.05) is 31.2 Å². The van der Waals surface area contributed by atoms with Gasteiger partial charge in [-0.1, -0.05) is 25.1 Å². The van der Waals surface area contributed by atoms with Crippen molar-refractivity contribution in [2.45, 2.75) is 19.9 Å². The van der Waals surface area contributed by atoms with E-state index in [1.165, 1.54) is 0 Å². The molecule has 0 aliphatic rings. The number of benzene rings is 1. The Kier molecular flexibility index (Phi) is 5.51. The van der Waals surface area contributed by atoms with Crippen LogP contribution in [0.1, 0.15) is 18.9 Å². The molecule has 112 valence electrons. The standard InChI is InChI=1S/C16H21N3O2/c1-2-9-19(10-11-20)16(21)18-12-13-7-8-17-15-6-4-3-5-14(13)15/h3-8,20H,2,9-12H2,1H3,(H,18,21). The molecule has 2 N–H and O–H groups in total. The van der Waals surface area contributed by atoms with E-state index in [9.17, 15) is 4.79 Å². The number of carbonyl (C=O) groups excluding carboxylic acids is 1. The molecule has 5 heteroatoms. The van der Waals surface area contributed by atoms with Crippen LogP contribution in [-0.2, 0) is 6.54 Å². The van der Waals surface area contributed by atoms with Crippen molar-refractivity contribution in [1.82, 2.24) is 15.2 Å². The van der Waals surface area contributed by atoms with E-state index in [1.807, 2.05) is 37.3 Å². The number of hydrogen-bond donors (Lipinski definition) is 2. The van der Waals surface area contributed by atoms with Crippen LogP contribution in [0, 0.1) is 0 Å². The van der Waals surface area contributed by atoms with E-state index in [2.05, 4.69) is 10.3 Å². The van der Waals surface area contributed by atoms with Gasteiger partial charge in [0.2, 0.25) is 0 Å². The largest absolute Gasteiger partial charge is 0.395 e. The van der Waals surface area contributed by atoms with Gasteiger partial charge in [-0.05, 0) is 24.1 Å². The lowest BCUT2D eigenvalue weighted by atomic mass is 10.1. The van der Waals surface area contributed by atoms with Gasteiger partial charge in [-0.25, -0.2) is 4.79 Å². The number of rotatable bonds is 6. The van der Waals surface area contributed by atoms with Crippen LogP contribution in [0.3, 0.4) is 0 Å². The predicted octanol–water partition coefficient (Wildman–Crippen LogP) is 2.15. The summed E-state index contributed by atoms with van der Waals surface area (Å²) in [6.45, 7) is 3.44. The molecule has 0 saturated carbocycles. The fourth-order valence-corrected chi connectivity index (χ4v) is 2.30. The number of pyridine rings is 1. The van der Waals surface area contributed by atoms with Gasteiger partial charge in [-0.15, -0.1) is 0 Å². The molecule has 0 saturated heterocycles. The van der Waals surface area contributed by atoms with E-state index in [1.54, 1.807) is 11.1 Å². The SMILES string of the molecule is CCCN(CCO)C(=O)NCc1ccnc2ccccc12. The third-order valence-corrected chi connectivity index (χ3v) is 3.32. The topological polar surface area (TPSA) is 65.5 Å². The fraction of sp³-hybridized carbons (Fsp3) is 0.375. The highest BCUT2D eigenvalue weighted by molar-refractivity contribution is 5.82. The first-order valence-corrected chi connectivity index (χ1v) is 7.22. The molecular formula is C16H21N3O2. The average Bonchev–Trinajstić information content (AvgIpc) is 2.52. The minimum absolute atomic E-state index is 0.0222. The highest BCUT2D eigenvalue weighted by Crippen LogP contribution is 2.15. The second-order valence-electron chi connectivity index (χ2n) is 4.86. The molecule has 1 aromatic heterocycles. The van der Waals surface area contributed by atoms with Gasteiger partial charge in [-0.2, -0.15) is 0 Å². The molecule has 0 radical (unpaired) electrons. The van der Waals surface area contributed by atoms with Crippen LogP contribution in [0.25, 0.3) is 10.9 Å². The number of nitrogens with zero attached hydrogens (tertiary/aromatic N) is 2. The Bertz CT molecular complexity index is 590. The number of carbonyl (C=O) groups is 1. The molecule has 0 aliphatic carbocycles. The van der Waals surface area contributed by atoms with Gasteiger partial charge in [0.15, 0.2) is 0 Å². The summed E-state index contributed by atoms with van der Waals surface area (Å²) in [5.74, 6) is 0. The van der Waals surface area contributed by atoms with Gasteiger partial charge in [0.05, 0.1) is 12.1 Å². The van der Waals surface area contributed by atoms with Gasteiger partial charge >= 0.3 is 6.03 Å². The van der Waals surface area contributed by atoms with Crippen molar-refractivity contribution < 1.29 is 9.90 Å². The third-order valence-electron chi connectivity index (χ3n) is 3.32. The second kappa shape index (κ2) is 7.59. The van der Waals surface area contributed by atoms with Crippen molar-refractivity contribution >= 4 is 16.9 Å². The van der Waals surface area contributed by atoms with Crippen molar-refractivity contribution in [2.75, 3.05) is 19.7 Å². The quantitative estimate of drug-likeness (QED) is 0.855. The summed E-state index contributed by atoms with van der Waals surface area (Å²) in [6, 6.07) is 9.63. The summed E-state index contributed by atoms with van der Waals surface area (Å²) >= 11 is 0. The smallest absolute Gasteiger partial charge is 0.317 e. The number of hydrogen-bond acceptors (Lipinski definition) is 3. The van der Waals surface area contributed by atoms with Crippen LogP contribution in [0.4, 0.5) is 4.79 Å². The maximum absolute atomic E-state index is 12.1. The van der Waals surface area contributed by atoms with E-state index >= 15 is 0 Å². The molecule has 0 aliphatic heterocycles. The lowest BCUT2D eigenvalue weighted by molar-refractivity contribution is 0.177. The molecule has 1 aromatic carbocycles. The molecule has 21 heavy (non-hydrogen) atoms. The van der Waals surface area contributed by atoms with Crippen molar-refractivity contribution in [3.05, 3.63) is 42.1 Å². The van der Waals surface area contributed by atoms with Gasteiger partial charge in [0.25, 0.3) is 0 Å². The van der Waals surface area contributed by atoms with Crippen molar-refractivity contribution in [2.24, 2.45) is 0 Å². The monoisotopic (exact) mass is 287 g/mol. The van der Waals surface area contributed by atoms with Crippen LogP contribution in [-0.4, -0.2) is 40.7 Å². The molecule has 0 spiro atoms. The Labute approximate surface area is 124 Å². The molecule has 2 amide bonds. The molecule has 0 unspecified atom stereocenters. The van der Waals surface area contributed by atoms with Crippen LogP contribution in [0.5, 0.6) is 0 Å². The second-order valence-corrected chi connectivity index (χ2v) is 4.86. The fourth-order valence-electron chi connectivity index (χ4n) is 2.30. The lowest BCUT2D eigenvalue weighted by Gasteiger charge is -2.21.